The number of hydrogen-bond acceptors (Lipinski definition) is 6. The molecule has 1 aromatic carbocycles. The fraction of sp³-hybridized carbons (Fsp3) is 0.474. The van der Waals surface area contributed by atoms with Crippen molar-refractivity contribution >= 4 is 36.6 Å². The van der Waals surface area contributed by atoms with Crippen LogP contribution in [0.1, 0.15) is 28.8 Å². The molecule has 0 amide bonds. The lowest BCUT2D eigenvalue weighted by atomic mass is 10.1. The summed E-state index contributed by atoms with van der Waals surface area (Å²) < 4.78 is 0. The number of anilines is 2. The molecule has 6 nitrogen and oxygen atoms in total. The number of benzene rings is 1. The van der Waals surface area contributed by atoms with Gasteiger partial charge in [0.05, 0.1) is 5.69 Å². The third kappa shape index (κ3) is 5.23. The molecule has 4 rings (SSSR count). The summed E-state index contributed by atoms with van der Waals surface area (Å²) in [4.78, 5) is 11.4. The lowest BCUT2D eigenvalue weighted by molar-refractivity contribution is 0.283. The monoisotopic (exact) mass is 410 g/mol. The Morgan fingerprint density at radius 3 is 2.48 bits per heavy atom. The molecule has 0 aliphatic carbocycles. The van der Waals surface area contributed by atoms with E-state index in [1.807, 2.05) is 0 Å². The van der Waals surface area contributed by atoms with Crippen LogP contribution in [0.4, 0.5) is 11.8 Å². The number of fused-ring (bicyclic) bond motifs is 2. The second-order valence-electron chi connectivity index (χ2n) is 6.87. The van der Waals surface area contributed by atoms with E-state index in [9.17, 15) is 0 Å². The van der Waals surface area contributed by atoms with Gasteiger partial charge < -0.3 is 16.4 Å². The molecule has 3 heterocycles. The molecule has 2 aliphatic heterocycles. The van der Waals surface area contributed by atoms with E-state index in [0.29, 0.717) is 5.95 Å². The number of halogens is 2. The summed E-state index contributed by atoms with van der Waals surface area (Å²) in [5.41, 5.74) is 11.2. The second kappa shape index (κ2) is 10.1. The minimum absolute atomic E-state index is 0. The molecule has 0 radical (unpaired) electrons. The molecule has 1 aromatic heterocycles. The number of nitrogens with zero attached hydrogens (tertiary/aromatic N) is 3. The third-order valence-corrected chi connectivity index (χ3v) is 5.05. The molecule has 0 saturated heterocycles. The van der Waals surface area contributed by atoms with E-state index in [2.05, 4.69) is 49.8 Å². The first-order valence-electron chi connectivity index (χ1n) is 9.18. The van der Waals surface area contributed by atoms with Gasteiger partial charge in [-0.05, 0) is 30.5 Å². The molecule has 27 heavy (non-hydrogen) atoms. The SMILES string of the molecule is Cl.Cl.Nc1nc2c(c(NCCCN3Cc4ccccc4C3)n1)CCNCC2. The molecule has 0 atom stereocenters. The number of aromatic nitrogens is 2. The molecule has 2 aromatic rings. The second-order valence-corrected chi connectivity index (χ2v) is 6.87. The van der Waals surface area contributed by atoms with Crippen LogP contribution in [0.2, 0.25) is 0 Å². The predicted octanol–water partition coefficient (Wildman–Crippen LogP) is 2.41. The average molecular weight is 411 g/mol. The molecule has 0 bridgehead atoms. The largest absolute Gasteiger partial charge is 0.370 e. The fourth-order valence-electron chi connectivity index (χ4n) is 3.78. The van der Waals surface area contributed by atoms with E-state index in [1.54, 1.807) is 0 Å². The van der Waals surface area contributed by atoms with Crippen molar-refractivity contribution in [2.75, 3.05) is 37.2 Å². The third-order valence-electron chi connectivity index (χ3n) is 5.05. The summed E-state index contributed by atoms with van der Waals surface area (Å²) in [7, 11) is 0. The highest BCUT2D eigenvalue weighted by atomic mass is 35.5. The van der Waals surface area contributed by atoms with Gasteiger partial charge in [-0.2, -0.15) is 4.98 Å². The highest BCUT2D eigenvalue weighted by Crippen LogP contribution is 2.23. The highest BCUT2D eigenvalue weighted by Gasteiger charge is 2.18. The Morgan fingerprint density at radius 2 is 1.74 bits per heavy atom. The van der Waals surface area contributed by atoms with Gasteiger partial charge in [-0.25, -0.2) is 4.98 Å². The van der Waals surface area contributed by atoms with Crippen LogP contribution < -0.4 is 16.4 Å². The maximum atomic E-state index is 5.90. The molecule has 0 fully saturated rings. The first-order valence-corrected chi connectivity index (χ1v) is 9.18. The van der Waals surface area contributed by atoms with Crippen LogP contribution >= 0.6 is 24.8 Å². The van der Waals surface area contributed by atoms with Crippen molar-refractivity contribution in [3.8, 4) is 0 Å². The topological polar surface area (TPSA) is 79.1 Å². The van der Waals surface area contributed by atoms with Crippen LogP contribution in [0, 0.1) is 0 Å². The van der Waals surface area contributed by atoms with E-state index >= 15 is 0 Å². The first kappa shape index (κ1) is 21.7. The molecular weight excluding hydrogens is 383 g/mol. The summed E-state index contributed by atoms with van der Waals surface area (Å²) in [5.74, 6) is 1.30. The highest BCUT2D eigenvalue weighted by molar-refractivity contribution is 5.85. The average Bonchev–Trinajstić information content (AvgIpc) is 2.88. The van der Waals surface area contributed by atoms with Crippen LogP contribution in [-0.2, 0) is 25.9 Å². The number of nitrogens with two attached hydrogens (primary N) is 1. The van der Waals surface area contributed by atoms with Gasteiger partial charge in [0.1, 0.15) is 5.82 Å². The number of rotatable bonds is 5. The smallest absolute Gasteiger partial charge is 0.222 e. The summed E-state index contributed by atoms with van der Waals surface area (Å²) in [5, 5.41) is 6.91. The minimum atomic E-state index is 0. The minimum Gasteiger partial charge on any atom is -0.370 e. The van der Waals surface area contributed by atoms with Crippen LogP contribution in [0.15, 0.2) is 24.3 Å². The van der Waals surface area contributed by atoms with Crippen molar-refractivity contribution in [2.24, 2.45) is 0 Å². The van der Waals surface area contributed by atoms with E-state index in [4.69, 9.17) is 5.73 Å². The molecule has 8 heteroatoms. The Bertz CT molecular complexity index is 730. The van der Waals surface area contributed by atoms with Crippen molar-refractivity contribution in [3.05, 3.63) is 46.6 Å². The Kier molecular flexibility index (Phi) is 8.10. The van der Waals surface area contributed by atoms with Crippen LogP contribution in [0.3, 0.4) is 0 Å². The fourth-order valence-corrected chi connectivity index (χ4v) is 3.78. The van der Waals surface area contributed by atoms with Crippen molar-refractivity contribution in [1.29, 1.82) is 0 Å². The Balaban J connectivity index is 0.00000131. The van der Waals surface area contributed by atoms with Gasteiger partial charge in [0.15, 0.2) is 0 Å². The van der Waals surface area contributed by atoms with Gasteiger partial charge >= 0.3 is 0 Å². The zero-order chi connectivity index (χ0) is 17.1. The van der Waals surface area contributed by atoms with E-state index < -0.39 is 0 Å². The van der Waals surface area contributed by atoms with E-state index in [1.165, 1.54) is 16.7 Å². The van der Waals surface area contributed by atoms with Gasteiger partial charge in [-0.15, -0.1) is 24.8 Å². The number of hydrogen-bond donors (Lipinski definition) is 3. The predicted molar refractivity (Wildman–Crippen MR) is 115 cm³/mol. The Hall–Kier alpha value is -1.60. The molecule has 4 N–H and O–H groups in total. The molecule has 2 aliphatic rings. The van der Waals surface area contributed by atoms with Gasteiger partial charge in [0.2, 0.25) is 5.95 Å². The Labute approximate surface area is 173 Å². The molecule has 0 unspecified atom stereocenters. The summed E-state index contributed by atoms with van der Waals surface area (Å²) in [6.45, 7) is 6.06. The Morgan fingerprint density at radius 1 is 1.04 bits per heavy atom. The van der Waals surface area contributed by atoms with Gasteiger partial charge in [0, 0.05) is 44.7 Å². The number of nitrogen functional groups attached to an aromatic ring is 1. The summed E-state index contributed by atoms with van der Waals surface area (Å²) >= 11 is 0. The molecule has 0 spiro atoms. The number of nitrogens with one attached hydrogen (secondary N) is 2. The van der Waals surface area contributed by atoms with Crippen molar-refractivity contribution < 1.29 is 0 Å². The lowest BCUT2D eigenvalue weighted by Crippen LogP contribution is -2.21. The quantitative estimate of drug-likeness (QED) is 0.656. The summed E-state index contributed by atoms with van der Waals surface area (Å²) in [6, 6.07) is 8.73. The molecule has 0 saturated carbocycles. The van der Waals surface area contributed by atoms with Gasteiger partial charge in [0.25, 0.3) is 0 Å². The van der Waals surface area contributed by atoms with Crippen LogP contribution in [-0.4, -0.2) is 41.0 Å². The summed E-state index contributed by atoms with van der Waals surface area (Å²) in [6.07, 6.45) is 2.97. The normalized spacial score (nSPS) is 15.7. The van der Waals surface area contributed by atoms with E-state index in [0.717, 1.165) is 70.0 Å². The maximum Gasteiger partial charge on any atom is 0.222 e. The van der Waals surface area contributed by atoms with E-state index in [-0.39, 0.29) is 24.8 Å². The maximum absolute atomic E-state index is 5.90. The zero-order valence-electron chi connectivity index (χ0n) is 15.4. The standard InChI is InChI=1S/C19H26N6.2ClH/c20-19-23-17-7-10-21-9-6-16(17)18(24-19)22-8-3-11-25-12-14-4-1-2-5-15(14)13-25;;/h1-2,4-5,21H,3,6-13H2,(H3,20,22,23,24);2*1H. The van der Waals surface area contributed by atoms with Crippen LogP contribution in [0.25, 0.3) is 0 Å². The molecular formula is C19H28Cl2N6. The van der Waals surface area contributed by atoms with Crippen molar-refractivity contribution in [1.82, 2.24) is 20.2 Å². The van der Waals surface area contributed by atoms with Crippen LogP contribution in [0.5, 0.6) is 0 Å². The van der Waals surface area contributed by atoms with Gasteiger partial charge in [-0.1, -0.05) is 24.3 Å². The molecule has 148 valence electrons. The zero-order valence-corrected chi connectivity index (χ0v) is 17.0. The van der Waals surface area contributed by atoms with Crippen molar-refractivity contribution in [3.63, 3.8) is 0 Å². The lowest BCUT2D eigenvalue weighted by Gasteiger charge is -2.16. The van der Waals surface area contributed by atoms with Gasteiger partial charge in [-0.3, -0.25) is 4.90 Å². The van der Waals surface area contributed by atoms with Crippen molar-refractivity contribution in [2.45, 2.75) is 32.4 Å². The first-order chi connectivity index (χ1) is 12.3.